The number of fused-ring (bicyclic) bond motifs is 1. The molecule has 0 aromatic heterocycles. The van der Waals surface area contributed by atoms with E-state index in [0.29, 0.717) is 22.2 Å². The molecule has 0 bridgehead atoms. The highest BCUT2D eigenvalue weighted by Gasteiger charge is 2.11. The predicted octanol–water partition coefficient (Wildman–Crippen LogP) is 4.83. The fourth-order valence-electron chi connectivity index (χ4n) is 2.52. The lowest BCUT2D eigenvalue weighted by atomic mass is 10.1. The van der Waals surface area contributed by atoms with Crippen molar-refractivity contribution in [2.45, 2.75) is 6.92 Å². The van der Waals surface area contributed by atoms with Gasteiger partial charge in [-0.1, -0.05) is 41.9 Å². The summed E-state index contributed by atoms with van der Waals surface area (Å²) in [4.78, 5) is 12.2. The summed E-state index contributed by atoms with van der Waals surface area (Å²) in [6, 6.07) is 17.2. The third kappa shape index (κ3) is 4.03. The molecule has 0 radical (unpaired) electrons. The molecule has 5 heteroatoms. The maximum absolute atomic E-state index is 12.2. The molecule has 3 aromatic carbocycles. The highest BCUT2D eigenvalue weighted by Crippen LogP contribution is 2.31. The van der Waals surface area contributed by atoms with Gasteiger partial charge in [0.15, 0.2) is 6.61 Å². The first kappa shape index (κ1) is 17.1. The molecule has 1 N–H and O–H groups in total. The largest absolute Gasteiger partial charge is 0.495 e. The van der Waals surface area contributed by atoms with E-state index in [1.165, 1.54) is 7.11 Å². The molecule has 1 amide bonds. The minimum Gasteiger partial charge on any atom is -0.495 e. The Morgan fingerprint density at radius 2 is 1.84 bits per heavy atom. The number of amides is 1. The van der Waals surface area contributed by atoms with Gasteiger partial charge in [-0.3, -0.25) is 4.79 Å². The minimum absolute atomic E-state index is 0.0941. The first-order chi connectivity index (χ1) is 12.1. The molecule has 0 spiro atoms. The van der Waals surface area contributed by atoms with E-state index < -0.39 is 0 Å². The van der Waals surface area contributed by atoms with Gasteiger partial charge in [0.05, 0.1) is 12.8 Å². The molecule has 0 aliphatic rings. The van der Waals surface area contributed by atoms with Gasteiger partial charge in [0.25, 0.3) is 5.91 Å². The molecular weight excluding hydrogens is 338 g/mol. The van der Waals surface area contributed by atoms with Crippen LogP contribution in [0, 0.1) is 6.92 Å². The zero-order valence-corrected chi connectivity index (χ0v) is 14.8. The highest BCUT2D eigenvalue weighted by atomic mass is 35.5. The van der Waals surface area contributed by atoms with E-state index in [9.17, 15) is 4.79 Å². The Morgan fingerprint density at radius 3 is 2.60 bits per heavy atom. The van der Waals surface area contributed by atoms with Crippen LogP contribution in [0.5, 0.6) is 11.5 Å². The number of aryl methyl sites for hydroxylation is 1. The molecule has 0 atom stereocenters. The summed E-state index contributed by atoms with van der Waals surface area (Å²) in [7, 11) is 1.53. The third-order valence-electron chi connectivity index (χ3n) is 3.85. The number of halogens is 1. The van der Waals surface area contributed by atoms with Gasteiger partial charge in [-0.05, 0) is 41.5 Å². The number of rotatable bonds is 5. The lowest BCUT2D eigenvalue weighted by Gasteiger charge is -2.13. The van der Waals surface area contributed by atoms with E-state index in [-0.39, 0.29) is 12.5 Å². The van der Waals surface area contributed by atoms with Gasteiger partial charge in [0.2, 0.25) is 0 Å². The Bertz CT molecular complexity index is 924. The van der Waals surface area contributed by atoms with Crippen molar-refractivity contribution in [3.05, 3.63) is 65.2 Å². The van der Waals surface area contributed by atoms with Crippen LogP contribution in [-0.4, -0.2) is 19.6 Å². The number of methoxy groups -OCH3 is 1. The average Bonchev–Trinajstić information content (AvgIpc) is 2.62. The van der Waals surface area contributed by atoms with Crippen LogP contribution >= 0.6 is 11.6 Å². The summed E-state index contributed by atoms with van der Waals surface area (Å²) in [5.41, 5.74) is 1.42. The minimum atomic E-state index is -0.270. The van der Waals surface area contributed by atoms with Crippen molar-refractivity contribution >= 4 is 34.0 Å². The molecule has 0 saturated carbocycles. The molecule has 0 aliphatic carbocycles. The van der Waals surface area contributed by atoms with Crippen molar-refractivity contribution in [2.24, 2.45) is 0 Å². The van der Waals surface area contributed by atoms with E-state index in [4.69, 9.17) is 21.1 Å². The van der Waals surface area contributed by atoms with Crippen molar-refractivity contribution in [3.63, 3.8) is 0 Å². The first-order valence-corrected chi connectivity index (χ1v) is 8.20. The number of carbonyl (C=O) groups excluding carboxylic acids is 1. The average molecular weight is 356 g/mol. The standard InChI is InChI=1S/C20H18ClNO3/c1-13-9-18(19(24-2)11-17(13)21)22-20(23)12-25-16-8-7-14-5-3-4-6-15(14)10-16/h3-11H,12H2,1-2H3,(H,22,23). The first-order valence-electron chi connectivity index (χ1n) is 7.82. The zero-order valence-electron chi connectivity index (χ0n) is 14.0. The molecule has 3 rings (SSSR count). The molecule has 4 nitrogen and oxygen atoms in total. The topological polar surface area (TPSA) is 47.6 Å². The highest BCUT2D eigenvalue weighted by molar-refractivity contribution is 6.31. The molecule has 0 aliphatic heterocycles. The van der Waals surface area contributed by atoms with Gasteiger partial charge in [0, 0.05) is 11.1 Å². The van der Waals surface area contributed by atoms with Gasteiger partial charge >= 0.3 is 0 Å². The molecule has 0 fully saturated rings. The van der Waals surface area contributed by atoms with Crippen LogP contribution in [0.15, 0.2) is 54.6 Å². The van der Waals surface area contributed by atoms with E-state index in [1.54, 1.807) is 12.1 Å². The lowest BCUT2D eigenvalue weighted by molar-refractivity contribution is -0.118. The molecule has 25 heavy (non-hydrogen) atoms. The summed E-state index contributed by atoms with van der Waals surface area (Å²) < 4.78 is 10.8. The fourth-order valence-corrected chi connectivity index (χ4v) is 2.68. The smallest absolute Gasteiger partial charge is 0.262 e. The van der Waals surface area contributed by atoms with Crippen LogP contribution in [0.2, 0.25) is 5.02 Å². The van der Waals surface area contributed by atoms with Crippen molar-refractivity contribution in [2.75, 3.05) is 19.0 Å². The van der Waals surface area contributed by atoms with E-state index >= 15 is 0 Å². The Hall–Kier alpha value is -2.72. The Labute approximate surface area is 151 Å². The van der Waals surface area contributed by atoms with Crippen molar-refractivity contribution in [1.29, 1.82) is 0 Å². The Balaban J connectivity index is 1.67. The Kier molecular flexibility index (Phi) is 5.10. The van der Waals surface area contributed by atoms with Crippen LogP contribution in [0.3, 0.4) is 0 Å². The predicted molar refractivity (Wildman–Crippen MR) is 101 cm³/mol. The molecule has 0 unspecified atom stereocenters. The van der Waals surface area contributed by atoms with Gasteiger partial charge < -0.3 is 14.8 Å². The number of hydrogen-bond donors (Lipinski definition) is 1. The van der Waals surface area contributed by atoms with Crippen LogP contribution in [0.4, 0.5) is 5.69 Å². The monoisotopic (exact) mass is 355 g/mol. The fraction of sp³-hybridized carbons (Fsp3) is 0.150. The SMILES string of the molecule is COc1cc(Cl)c(C)cc1NC(=O)COc1ccc2ccccc2c1. The second-order valence-corrected chi connectivity index (χ2v) is 6.05. The maximum Gasteiger partial charge on any atom is 0.262 e. The summed E-state index contributed by atoms with van der Waals surface area (Å²) >= 11 is 6.07. The number of hydrogen-bond acceptors (Lipinski definition) is 3. The second-order valence-electron chi connectivity index (χ2n) is 5.65. The molecule has 3 aromatic rings. The number of anilines is 1. The number of nitrogens with one attached hydrogen (secondary N) is 1. The van der Waals surface area contributed by atoms with Crippen molar-refractivity contribution in [1.82, 2.24) is 0 Å². The molecule has 128 valence electrons. The van der Waals surface area contributed by atoms with Gasteiger partial charge in [-0.2, -0.15) is 0 Å². The Morgan fingerprint density at radius 1 is 1.08 bits per heavy atom. The number of ether oxygens (including phenoxy) is 2. The van der Waals surface area contributed by atoms with Crippen LogP contribution in [0.1, 0.15) is 5.56 Å². The van der Waals surface area contributed by atoms with Crippen LogP contribution in [-0.2, 0) is 4.79 Å². The van der Waals surface area contributed by atoms with E-state index in [0.717, 1.165) is 16.3 Å². The van der Waals surface area contributed by atoms with E-state index in [2.05, 4.69) is 5.32 Å². The quantitative estimate of drug-likeness (QED) is 0.713. The lowest BCUT2D eigenvalue weighted by Crippen LogP contribution is -2.20. The third-order valence-corrected chi connectivity index (χ3v) is 4.25. The summed E-state index contributed by atoms with van der Waals surface area (Å²) in [5.74, 6) is 0.885. The molecule has 0 saturated heterocycles. The summed E-state index contributed by atoms with van der Waals surface area (Å²) in [5, 5.41) is 5.57. The zero-order chi connectivity index (χ0) is 17.8. The van der Waals surface area contributed by atoms with Crippen molar-refractivity contribution in [3.8, 4) is 11.5 Å². The van der Waals surface area contributed by atoms with Crippen molar-refractivity contribution < 1.29 is 14.3 Å². The van der Waals surface area contributed by atoms with Gasteiger partial charge in [-0.25, -0.2) is 0 Å². The maximum atomic E-state index is 12.2. The molecular formula is C20H18ClNO3. The second kappa shape index (κ2) is 7.45. The normalized spacial score (nSPS) is 10.5. The molecule has 0 heterocycles. The summed E-state index contributed by atoms with van der Waals surface area (Å²) in [6.07, 6.45) is 0. The number of carbonyl (C=O) groups is 1. The van der Waals surface area contributed by atoms with Gasteiger partial charge in [-0.15, -0.1) is 0 Å². The number of benzene rings is 3. The van der Waals surface area contributed by atoms with Gasteiger partial charge in [0.1, 0.15) is 11.5 Å². The van der Waals surface area contributed by atoms with Crippen LogP contribution < -0.4 is 14.8 Å². The van der Waals surface area contributed by atoms with Crippen LogP contribution in [0.25, 0.3) is 10.8 Å². The summed E-state index contributed by atoms with van der Waals surface area (Å²) in [6.45, 7) is 1.77. The van der Waals surface area contributed by atoms with E-state index in [1.807, 2.05) is 49.4 Å².